The Hall–Kier alpha value is -1.67. The van der Waals surface area contributed by atoms with E-state index in [1.54, 1.807) is 0 Å². The summed E-state index contributed by atoms with van der Waals surface area (Å²) in [4.78, 5) is 17.2. The Balaban J connectivity index is 2.03. The van der Waals surface area contributed by atoms with Crippen LogP contribution >= 0.6 is 0 Å². The number of rotatable bonds is 6. The molecule has 8 nitrogen and oxygen atoms in total. The van der Waals surface area contributed by atoms with Crippen molar-refractivity contribution in [2.24, 2.45) is 11.8 Å². The molecule has 0 aromatic carbocycles. The van der Waals surface area contributed by atoms with Gasteiger partial charge in [-0.3, -0.25) is 5.43 Å². The molecule has 0 bridgehead atoms. The minimum Gasteiger partial charge on any atom is -0.464 e. The van der Waals surface area contributed by atoms with Crippen LogP contribution in [0.25, 0.3) is 0 Å². The predicted octanol–water partition coefficient (Wildman–Crippen LogP) is 0.334. The zero-order valence-electron chi connectivity index (χ0n) is 13.0. The Morgan fingerprint density at radius 3 is 2.57 bits per heavy atom. The first-order chi connectivity index (χ1) is 10.1. The quantitative estimate of drug-likeness (QED) is 0.573. The highest BCUT2D eigenvalue weighted by atomic mass is 16.5. The zero-order chi connectivity index (χ0) is 15.2. The molecule has 8 heteroatoms. The van der Waals surface area contributed by atoms with Gasteiger partial charge in [0, 0.05) is 19.6 Å². The first kappa shape index (κ1) is 15.7. The molecule has 1 aromatic rings. The number of nitrogens with zero attached hydrogens (tertiary/aromatic N) is 5. The van der Waals surface area contributed by atoms with Gasteiger partial charge < -0.3 is 14.5 Å². The van der Waals surface area contributed by atoms with Crippen LogP contribution in [0, 0.1) is 5.92 Å². The predicted molar refractivity (Wildman–Crippen MR) is 82.3 cm³/mol. The molecule has 1 aliphatic rings. The van der Waals surface area contributed by atoms with E-state index in [1.165, 1.54) is 0 Å². The van der Waals surface area contributed by atoms with Crippen molar-refractivity contribution in [2.45, 2.75) is 19.8 Å². The minimum atomic E-state index is 0.311. The van der Waals surface area contributed by atoms with Crippen molar-refractivity contribution in [3.05, 3.63) is 0 Å². The molecule has 0 unspecified atom stereocenters. The molecule has 2 heterocycles. The fourth-order valence-electron chi connectivity index (χ4n) is 2.58. The van der Waals surface area contributed by atoms with Crippen LogP contribution in [0.5, 0.6) is 6.01 Å². The van der Waals surface area contributed by atoms with E-state index in [1.807, 2.05) is 6.92 Å². The third kappa shape index (κ3) is 4.40. The van der Waals surface area contributed by atoms with E-state index in [2.05, 4.69) is 44.3 Å². The van der Waals surface area contributed by atoms with E-state index in [4.69, 9.17) is 10.6 Å². The maximum Gasteiger partial charge on any atom is 0.323 e. The third-order valence-corrected chi connectivity index (χ3v) is 3.53. The van der Waals surface area contributed by atoms with Crippen molar-refractivity contribution >= 4 is 11.9 Å². The molecule has 3 N–H and O–H groups in total. The summed E-state index contributed by atoms with van der Waals surface area (Å²) in [6.45, 7) is 5.42. The number of piperidine rings is 1. The number of ether oxygens (including phenoxy) is 1. The number of hydrogen-bond donors (Lipinski definition) is 2. The topological polar surface area (TPSA) is 92.4 Å². The summed E-state index contributed by atoms with van der Waals surface area (Å²) in [6.07, 6.45) is 2.28. The molecule has 2 rings (SSSR count). The Morgan fingerprint density at radius 2 is 2.00 bits per heavy atom. The van der Waals surface area contributed by atoms with Crippen molar-refractivity contribution in [3.63, 3.8) is 0 Å². The fraction of sp³-hybridized carbons (Fsp3) is 0.769. The van der Waals surface area contributed by atoms with Crippen LogP contribution < -0.4 is 20.9 Å². The molecular formula is C13H25N7O. The Labute approximate surface area is 125 Å². The summed E-state index contributed by atoms with van der Waals surface area (Å²) in [5.41, 5.74) is 2.46. The van der Waals surface area contributed by atoms with Crippen LogP contribution in [0.2, 0.25) is 0 Å². The van der Waals surface area contributed by atoms with Crippen LogP contribution in [0.15, 0.2) is 0 Å². The Kier molecular flexibility index (Phi) is 5.51. The van der Waals surface area contributed by atoms with Gasteiger partial charge in [-0.2, -0.15) is 15.0 Å². The Bertz CT molecular complexity index is 446. The third-order valence-electron chi connectivity index (χ3n) is 3.53. The van der Waals surface area contributed by atoms with E-state index in [-0.39, 0.29) is 0 Å². The molecule has 0 aliphatic carbocycles. The largest absolute Gasteiger partial charge is 0.464 e. The second kappa shape index (κ2) is 7.37. The molecule has 1 fully saturated rings. The maximum atomic E-state index is 5.41. The Morgan fingerprint density at radius 1 is 1.29 bits per heavy atom. The van der Waals surface area contributed by atoms with Crippen molar-refractivity contribution in [1.29, 1.82) is 0 Å². The van der Waals surface area contributed by atoms with Gasteiger partial charge in [0.15, 0.2) is 0 Å². The van der Waals surface area contributed by atoms with E-state index >= 15 is 0 Å². The standard InChI is InChI=1S/C13H25N7O/c1-4-21-13-16-11(18-14)15-12(17-13)20-7-5-10(6-8-20)9-19(2)3/h10H,4-9,14H2,1-3H3,(H,15,16,17,18). The van der Waals surface area contributed by atoms with Gasteiger partial charge in [0.1, 0.15) is 0 Å². The van der Waals surface area contributed by atoms with Gasteiger partial charge in [0.25, 0.3) is 0 Å². The number of nitrogens with two attached hydrogens (primary N) is 1. The second-order valence-electron chi connectivity index (χ2n) is 5.51. The molecule has 0 radical (unpaired) electrons. The van der Waals surface area contributed by atoms with Crippen LogP contribution in [0.1, 0.15) is 19.8 Å². The number of nitrogen functional groups attached to an aromatic ring is 1. The zero-order valence-corrected chi connectivity index (χ0v) is 13.0. The smallest absolute Gasteiger partial charge is 0.323 e. The number of hydrogen-bond acceptors (Lipinski definition) is 8. The van der Waals surface area contributed by atoms with Crippen LogP contribution in [-0.4, -0.2) is 60.2 Å². The summed E-state index contributed by atoms with van der Waals surface area (Å²) in [5.74, 6) is 7.10. The lowest BCUT2D eigenvalue weighted by atomic mass is 9.97. The van der Waals surface area contributed by atoms with E-state index in [9.17, 15) is 0 Å². The highest BCUT2D eigenvalue weighted by molar-refractivity contribution is 5.38. The average Bonchev–Trinajstić information content (AvgIpc) is 2.47. The first-order valence-corrected chi connectivity index (χ1v) is 7.37. The number of aromatic nitrogens is 3. The van der Waals surface area contributed by atoms with Crippen molar-refractivity contribution in [3.8, 4) is 6.01 Å². The van der Waals surface area contributed by atoms with Gasteiger partial charge >= 0.3 is 6.01 Å². The summed E-state index contributed by atoms with van der Waals surface area (Å²) in [7, 11) is 4.23. The van der Waals surface area contributed by atoms with Gasteiger partial charge in [-0.15, -0.1) is 0 Å². The van der Waals surface area contributed by atoms with Crippen LogP contribution in [-0.2, 0) is 0 Å². The molecular weight excluding hydrogens is 270 g/mol. The fourth-order valence-corrected chi connectivity index (χ4v) is 2.58. The normalized spacial score (nSPS) is 16.3. The second-order valence-corrected chi connectivity index (χ2v) is 5.51. The highest BCUT2D eigenvalue weighted by Gasteiger charge is 2.22. The average molecular weight is 295 g/mol. The summed E-state index contributed by atoms with van der Waals surface area (Å²) in [5, 5.41) is 0. The van der Waals surface area contributed by atoms with Gasteiger partial charge in [-0.25, -0.2) is 5.84 Å². The number of hydrazine groups is 1. The maximum absolute atomic E-state index is 5.41. The van der Waals surface area contributed by atoms with E-state index in [0.29, 0.717) is 24.5 Å². The van der Waals surface area contributed by atoms with Gasteiger partial charge in [-0.05, 0) is 39.8 Å². The molecule has 0 atom stereocenters. The lowest BCUT2D eigenvalue weighted by molar-refractivity contribution is 0.283. The molecule has 118 valence electrons. The molecule has 0 spiro atoms. The first-order valence-electron chi connectivity index (χ1n) is 7.37. The molecule has 21 heavy (non-hydrogen) atoms. The van der Waals surface area contributed by atoms with E-state index < -0.39 is 0 Å². The lowest BCUT2D eigenvalue weighted by Gasteiger charge is -2.33. The van der Waals surface area contributed by atoms with Crippen LogP contribution in [0.4, 0.5) is 11.9 Å². The molecule has 0 saturated carbocycles. The van der Waals surface area contributed by atoms with Crippen molar-refractivity contribution in [2.75, 3.05) is 50.7 Å². The SMILES string of the molecule is CCOc1nc(NN)nc(N2CCC(CN(C)C)CC2)n1. The summed E-state index contributed by atoms with van der Waals surface area (Å²) in [6, 6.07) is 0.311. The molecule has 1 aliphatic heterocycles. The van der Waals surface area contributed by atoms with Crippen molar-refractivity contribution < 1.29 is 4.74 Å². The number of nitrogens with one attached hydrogen (secondary N) is 1. The van der Waals surface area contributed by atoms with Gasteiger partial charge in [0.05, 0.1) is 6.61 Å². The molecule has 1 saturated heterocycles. The monoisotopic (exact) mass is 295 g/mol. The summed E-state index contributed by atoms with van der Waals surface area (Å²) < 4.78 is 5.36. The van der Waals surface area contributed by atoms with Gasteiger partial charge in [-0.1, -0.05) is 0 Å². The minimum absolute atomic E-state index is 0.311. The highest BCUT2D eigenvalue weighted by Crippen LogP contribution is 2.22. The van der Waals surface area contributed by atoms with Crippen molar-refractivity contribution in [1.82, 2.24) is 19.9 Å². The lowest BCUT2D eigenvalue weighted by Crippen LogP contribution is -2.38. The molecule has 0 amide bonds. The van der Waals surface area contributed by atoms with Gasteiger partial charge in [0.2, 0.25) is 11.9 Å². The summed E-state index contributed by atoms with van der Waals surface area (Å²) >= 11 is 0. The number of anilines is 2. The molecule has 1 aromatic heterocycles. The van der Waals surface area contributed by atoms with Crippen LogP contribution in [0.3, 0.4) is 0 Å². The van der Waals surface area contributed by atoms with E-state index in [0.717, 1.165) is 38.4 Å².